The van der Waals surface area contributed by atoms with Gasteiger partial charge in [0.15, 0.2) is 0 Å². The first-order valence-corrected chi connectivity index (χ1v) is 14.0. The number of nitrogens with zero attached hydrogens (tertiary/aromatic N) is 3. The van der Waals surface area contributed by atoms with Crippen molar-refractivity contribution in [3.05, 3.63) is 83.4 Å². The summed E-state index contributed by atoms with van der Waals surface area (Å²) in [6, 6.07) is 14.1. The standard InChI is InChI=1S/C29H28ClN3O4S/c1-18-8-5-11-20(30)24(18)32-15-7-13-29-23(27(36)33(16-17-34)25(29)28(32)37)22-21(38-29)12-6-14-31(26(22)35)19-9-3-2-4-10-19/h2-13,21-23,25,34H,14-17H2,1H3/t21-,22+,23+,25?,29+/m1/s1. The van der Waals surface area contributed by atoms with Crippen LogP contribution < -0.4 is 9.80 Å². The van der Waals surface area contributed by atoms with Crippen molar-refractivity contribution in [2.75, 3.05) is 36.0 Å². The fraction of sp³-hybridized carbons (Fsp3) is 0.345. The molecule has 0 bridgehead atoms. The predicted molar refractivity (Wildman–Crippen MR) is 149 cm³/mol. The van der Waals surface area contributed by atoms with E-state index in [9.17, 15) is 19.5 Å². The molecule has 196 valence electrons. The lowest BCUT2D eigenvalue weighted by molar-refractivity contribution is -0.139. The number of thioether (sulfide) groups is 1. The Morgan fingerprint density at radius 2 is 1.74 bits per heavy atom. The highest BCUT2D eigenvalue weighted by molar-refractivity contribution is 8.02. The minimum atomic E-state index is -0.942. The molecule has 2 aromatic carbocycles. The highest BCUT2D eigenvalue weighted by Crippen LogP contribution is 2.61. The number of rotatable bonds is 4. The lowest BCUT2D eigenvalue weighted by Crippen LogP contribution is -2.54. The van der Waals surface area contributed by atoms with Crippen LogP contribution in [0.2, 0.25) is 5.02 Å². The zero-order valence-electron chi connectivity index (χ0n) is 20.9. The summed E-state index contributed by atoms with van der Waals surface area (Å²) in [6.07, 6.45) is 7.88. The Morgan fingerprint density at radius 3 is 2.47 bits per heavy atom. The molecule has 6 rings (SSSR count). The van der Waals surface area contributed by atoms with Gasteiger partial charge in [0.05, 0.1) is 33.9 Å². The molecule has 1 spiro atoms. The molecule has 2 saturated heterocycles. The van der Waals surface area contributed by atoms with E-state index >= 15 is 0 Å². The molecule has 0 aromatic heterocycles. The maximum atomic E-state index is 14.4. The van der Waals surface area contributed by atoms with Gasteiger partial charge in [-0.1, -0.05) is 66.2 Å². The molecule has 2 fully saturated rings. The van der Waals surface area contributed by atoms with Crippen molar-refractivity contribution >= 4 is 52.5 Å². The zero-order chi connectivity index (χ0) is 26.6. The Labute approximate surface area is 230 Å². The highest BCUT2D eigenvalue weighted by Gasteiger charge is 2.71. The second kappa shape index (κ2) is 9.59. The molecule has 0 saturated carbocycles. The smallest absolute Gasteiger partial charge is 0.251 e. The van der Waals surface area contributed by atoms with Gasteiger partial charge in [-0.15, -0.1) is 11.8 Å². The Morgan fingerprint density at radius 1 is 0.974 bits per heavy atom. The van der Waals surface area contributed by atoms with Gasteiger partial charge in [0.2, 0.25) is 11.8 Å². The van der Waals surface area contributed by atoms with Crippen LogP contribution in [0.25, 0.3) is 0 Å². The summed E-state index contributed by atoms with van der Waals surface area (Å²) >= 11 is 8.09. The number of benzene rings is 2. The third kappa shape index (κ3) is 3.65. The van der Waals surface area contributed by atoms with Crippen molar-refractivity contribution < 1.29 is 19.5 Å². The van der Waals surface area contributed by atoms with Crippen molar-refractivity contribution in [1.82, 2.24) is 4.90 Å². The van der Waals surface area contributed by atoms with Gasteiger partial charge in [0.25, 0.3) is 5.91 Å². The Balaban J connectivity index is 1.45. The summed E-state index contributed by atoms with van der Waals surface area (Å²) in [5.74, 6) is -2.01. The maximum absolute atomic E-state index is 14.4. The molecule has 4 aliphatic rings. The molecule has 1 unspecified atom stereocenters. The molecule has 38 heavy (non-hydrogen) atoms. The van der Waals surface area contributed by atoms with Gasteiger partial charge >= 0.3 is 0 Å². The van der Waals surface area contributed by atoms with E-state index < -0.39 is 22.6 Å². The Bertz CT molecular complexity index is 1340. The van der Waals surface area contributed by atoms with Gasteiger partial charge in [0, 0.05) is 30.6 Å². The first kappa shape index (κ1) is 25.2. The van der Waals surface area contributed by atoms with E-state index in [1.54, 1.807) is 15.9 Å². The number of β-amino-alcohol motifs (C(OH)–C–C–N with tert-alkyl or cyclic N) is 1. The van der Waals surface area contributed by atoms with Crippen LogP contribution in [0.4, 0.5) is 11.4 Å². The summed E-state index contributed by atoms with van der Waals surface area (Å²) in [5, 5.41) is 10.1. The third-order valence-corrected chi connectivity index (χ3v) is 10.1. The second-order valence-corrected chi connectivity index (χ2v) is 12.0. The van der Waals surface area contributed by atoms with Crippen molar-refractivity contribution in [3.8, 4) is 0 Å². The van der Waals surface area contributed by atoms with Crippen molar-refractivity contribution in [2.45, 2.75) is 23.0 Å². The Kier molecular flexibility index (Phi) is 6.37. The van der Waals surface area contributed by atoms with E-state index in [-0.39, 0.29) is 36.1 Å². The number of para-hydroxylation sites is 2. The van der Waals surface area contributed by atoms with E-state index in [0.29, 0.717) is 23.8 Å². The largest absolute Gasteiger partial charge is 0.395 e. The van der Waals surface area contributed by atoms with Crippen LogP contribution in [0.1, 0.15) is 5.56 Å². The number of carbonyl (C=O) groups is 3. The maximum Gasteiger partial charge on any atom is 0.251 e. The van der Waals surface area contributed by atoms with Crippen LogP contribution in [0, 0.1) is 18.8 Å². The number of carbonyl (C=O) groups excluding carboxylic acids is 3. The number of halogens is 1. The third-order valence-electron chi connectivity index (χ3n) is 8.03. The number of aliphatic hydroxyl groups is 1. The molecule has 9 heteroatoms. The van der Waals surface area contributed by atoms with E-state index in [4.69, 9.17) is 11.6 Å². The molecule has 4 aliphatic heterocycles. The molecule has 2 aromatic rings. The number of anilines is 2. The van der Waals surface area contributed by atoms with Gasteiger partial charge in [-0.05, 0) is 30.7 Å². The summed E-state index contributed by atoms with van der Waals surface area (Å²) in [6.45, 7) is 2.35. The molecule has 3 amide bonds. The number of aliphatic hydroxyl groups excluding tert-OH is 1. The van der Waals surface area contributed by atoms with Crippen molar-refractivity contribution in [1.29, 1.82) is 0 Å². The van der Waals surface area contributed by atoms with Crippen LogP contribution in [0.3, 0.4) is 0 Å². The van der Waals surface area contributed by atoms with Crippen LogP contribution in [0.15, 0.2) is 72.8 Å². The lowest BCUT2D eigenvalue weighted by Gasteiger charge is -2.35. The molecule has 4 heterocycles. The van der Waals surface area contributed by atoms with Gasteiger partial charge in [-0.2, -0.15) is 0 Å². The van der Waals surface area contributed by atoms with Crippen LogP contribution in [-0.4, -0.2) is 70.0 Å². The molecule has 0 aliphatic carbocycles. The monoisotopic (exact) mass is 549 g/mol. The number of hydrogen-bond donors (Lipinski definition) is 1. The van der Waals surface area contributed by atoms with Crippen LogP contribution >= 0.6 is 23.4 Å². The van der Waals surface area contributed by atoms with Crippen LogP contribution in [0.5, 0.6) is 0 Å². The molecule has 0 radical (unpaired) electrons. The number of amides is 3. The average Bonchev–Trinajstić information content (AvgIpc) is 3.21. The van der Waals surface area contributed by atoms with E-state index in [0.717, 1.165) is 11.3 Å². The summed E-state index contributed by atoms with van der Waals surface area (Å²) in [7, 11) is 0. The number of aryl methyl sites for hydroxylation is 1. The van der Waals surface area contributed by atoms with Gasteiger partial charge < -0.3 is 19.8 Å². The minimum Gasteiger partial charge on any atom is -0.395 e. The minimum absolute atomic E-state index is 0.0149. The average molecular weight is 550 g/mol. The quantitative estimate of drug-likeness (QED) is 0.591. The fourth-order valence-corrected chi connectivity index (χ4v) is 8.82. The normalized spacial score (nSPS) is 30.3. The highest BCUT2D eigenvalue weighted by atomic mass is 35.5. The predicted octanol–water partition coefficient (Wildman–Crippen LogP) is 3.44. The van der Waals surface area contributed by atoms with Gasteiger partial charge in [-0.3, -0.25) is 14.4 Å². The lowest BCUT2D eigenvalue weighted by atomic mass is 9.78. The number of hydrogen-bond acceptors (Lipinski definition) is 5. The summed E-state index contributed by atoms with van der Waals surface area (Å²) < 4.78 is -0.942. The molecule has 1 N–H and O–H groups in total. The Hall–Kier alpha value is -3.07. The van der Waals surface area contributed by atoms with Crippen molar-refractivity contribution in [2.24, 2.45) is 11.8 Å². The second-order valence-electron chi connectivity index (χ2n) is 10.1. The first-order valence-electron chi connectivity index (χ1n) is 12.8. The molecule has 5 atom stereocenters. The fourth-order valence-electron chi connectivity index (χ4n) is 6.49. The van der Waals surface area contributed by atoms with E-state index in [1.807, 2.05) is 73.7 Å². The van der Waals surface area contributed by atoms with Crippen LogP contribution in [-0.2, 0) is 14.4 Å². The summed E-state index contributed by atoms with van der Waals surface area (Å²) in [4.78, 5) is 47.4. The molecule has 7 nitrogen and oxygen atoms in total. The van der Waals surface area contributed by atoms with Gasteiger partial charge in [0.1, 0.15) is 6.04 Å². The zero-order valence-corrected chi connectivity index (χ0v) is 22.4. The van der Waals surface area contributed by atoms with Crippen molar-refractivity contribution in [3.63, 3.8) is 0 Å². The van der Waals surface area contributed by atoms with E-state index in [1.165, 1.54) is 16.7 Å². The molecular formula is C29H28ClN3O4S. The summed E-state index contributed by atoms with van der Waals surface area (Å²) in [5.41, 5.74) is 2.24. The van der Waals surface area contributed by atoms with E-state index in [2.05, 4.69) is 0 Å². The van der Waals surface area contributed by atoms with Gasteiger partial charge in [-0.25, -0.2) is 0 Å². The number of fused-ring (bicyclic) bond motifs is 2. The first-order chi connectivity index (χ1) is 18.4. The SMILES string of the molecule is Cc1cccc(Cl)c1N1CC=C[C@]23S[C@@H]4C=CCN(c5ccccc5)C(=O)[C@@H]4[C@H]2C(=O)N(CCO)C3C1=O. The number of likely N-dealkylation sites (tertiary alicyclic amines) is 1. The molecular weight excluding hydrogens is 522 g/mol. The topological polar surface area (TPSA) is 81.2 Å².